The molecule has 0 aliphatic carbocycles. The lowest BCUT2D eigenvalue weighted by molar-refractivity contribution is 0.120. The molecule has 1 heterocycles. The van der Waals surface area contributed by atoms with Crippen molar-refractivity contribution in [3.05, 3.63) is 29.3 Å². The summed E-state index contributed by atoms with van der Waals surface area (Å²) in [7, 11) is 1.38. The summed E-state index contributed by atoms with van der Waals surface area (Å²) in [4.78, 5) is -0.381. The summed E-state index contributed by atoms with van der Waals surface area (Å²) in [6.45, 7) is 2.47. The zero-order chi connectivity index (χ0) is 13.3. The zero-order valence-corrected chi connectivity index (χ0v) is 11.8. The summed E-state index contributed by atoms with van der Waals surface area (Å²) in [5.74, 6) is -0.913. The Labute approximate surface area is 113 Å². The van der Waals surface area contributed by atoms with Crippen molar-refractivity contribution in [1.82, 2.24) is 0 Å². The van der Waals surface area contributed by atoms with Gasteiger partial charge in [-0.3, -0.25) is 0 Å². The highest BCUT2D eigenvalue weighted by molar-refractivity contribution is 9.09. The average Bonchev–Trinajstić information content (AvgIpc) is 2.74. The average molecular weight is 321 g/mol. The summed E-state index contributed by atoms with van der Waals surface area (Å²) in [6.07, 6.45) is 0.931. The summed E-state index contributed by atoms with van der Waals surface area (Å²) in [5, 5.41) is 0. The molecule has 0 spiro atoms. The van der Waals surface area contributed by atoms with Crippen molar-refractivity contribution < 1.29 is 18.3 Å². The van der Waals surface area contributed by atoms with Crippen LogP contribution in [-0.2, 0) is 4.74 Å². The van der Waals surface area contributed by atoms with Crippen molar-refractivity contribution in [3.8, 4) is 5.75 Å². The Bertz CT molecular complexity index is 416. The number of benzene rings is 1. The van der Waals surface area contributed by atoms with Gasteiger partial charge in [-0.2, -0.15) is 0 Å². The van der Waals surface area contributed by atoms with Crippen molar-refractivity contribution in [2.24, 2.45) is 5.92 Å². The standard InChI is InChI=1S/C13H15BrF2O2/c1-7-3-8(6-18-7)13(14)12-10(15)4-9(17-2)5-11(12)16/h4-5,7-8,13H,3,6H2,1-2H3. The van der Waals surface area contributed by atoms with Crippen LogP contribution in [0, 0.1) is 17.6 Å². The predicted molar refractivity (Wildman–Crippen MR) is 68.1 cm³/mol. The highest BCUT2D eigenvalue weighted by Gasteiger charge is 2.32. The van der Waals surface area contributed by atoms with Crippen molar-refractivity contribution >= 4 is 15.9 Å². The van der Waals surface area contributed by atoms with Crippen LogP contribution < -0.4 is 4.74 Å². The molecule has 3 unspecified atom stereocenters. The third-order valence-corrected chi connectivity index (χ3v) is 4.41. The van der Waals surface area contributed by atoms with E-state index < -0.39 is 11.6 Å². The molecule has 0 N–H and O–H groups in total. The molecule has 0 radical (unpaired) electrons. The van der Waals surface area contributed by atoms with Gasteiger partial charge in [0.25, 0.3) is 0 Å². The van der Waals surface area contributed by atoms with Gasteiger partial charge in [-0.1, -0.05) is 15.9 Å². The number of rotatable bonds is 3. The molecule has 1 aliphatic rings. The van der Waals surface area contributed by atoms with Gasteiger partial charge in [0, 0.05) is 23.6 Å². The Kier molecular flexibility index (Phi) is 4.22. The van der Waals surface area contributed by atoms with Crippen LogP contribution in [0.25, 0.3) is 0 Å². The Morgan fingerprint density at radius 1 is 1.39 bits per heavy atom. The number of methoxy groups -OCH3 is 1. The summed E-state index contributed by atoms with van der Waals surface area (Å²) < 4.78 is 38.1. The van der Waals surface area contributed by atoms with Crippen molar-refractivity contribution in [2.45, 2.75) is 24.3 Å². The molecule has 100 valence electrons. The molecule has 0 aromatic heterocycles. The quantitative estimate of drug-likeness (QED) is 0.788. The number of ether oxygens (including phenoxy) is 2. The smallest absolute Gasteiger partial charge is 0.134 e. The van der Waals surface area contributed by atoms with Crippen LogP contribution in [0.5, 0.6) is 5.75 Å². The summed E-state index contributed by atoms with van der Waals surface area (Å²) in [6, 6.07) is 2.40. The van der Waals surface area contributed by atoms with Crippen LogP contribution in [0.3, 0.4) is 0 Å². The van der Waals surface area contributed by atoms with Crippen LogP contribution in [0.4, 0.5) is 8.78 Å². The van der Waals surface area contributed by atoms with E-state index in [1.807, 2.05) is 6.92 Å². The maximum Gasteiger partial charge on any atom is 0.134 e. The van der Waals surface area contributed by atoms with Gasteiger partial charge in [0.1, 0.15) is 17.4 Å². The number of hydrogen-bond acceptors (Lipinski definition) is 2. The second-order valence-corrected chi connectivity index (χ2v) is 5.53. The molecule has 2 nitrogen and oxygen atoms in total. The van der Waals surface area contributed by atoms with E-state index in [0.29, 0.717) is 6.61 Å². The van der Waals surface area contributed by atoms with E-state index in [1.54, 1.807) is 0 Å². The van der Waals surface area contributed by atoms with E-state index in [0.717, 1.165) is 6.42 Å². The van der Waals surface area contributed by atoms with Crippen molar-refractivity contribution in [2.75, 3.05) is 13.7 Å². The van der Waals surface area contributed by atoms with Gasteiger partial charge in [-0.25, -0.2) is 8.78 Å². The lowest BCUT2D eigenvalue weighted by Crippen LogP contribution is -2.11. The maximum atomic E-state index is 13.9. The van der Waals surface area contributed by atoms with E-state index in [9.17, 15) is 8.78 Å². The van der Waals surface area contributed by atoms with Crippen LogP contribution in [0.15, 0.2) is 12.1 Å². The third kappa shape index (κ3) is 2.67. The second-order valence-electron chi connectivity index (χ2n) is 4.55. The molecule has 3 atom stereocenters. The lowest BCUT2D eigenvalue weighted by Gasteiger charge is -2.18. The van der Waals surface area contributed by atoms with Gasteiger partial charge >= 0.3 is 0 Å². The minimum Gasteiger partial charge on any atom is -0.497 e. The Balaban J connectivity index is 2.27. The van der Waals surface area contributed by atoms with E-state index in [1.165, 1.54) is 19.2 Å². The van der Waals surface area contributed by atoms with Crippen LogP contribution in [0.1, 0.15) is 23.7 Å². The summed E-state index contributed by atoms with van der Waals surface area (Å²) >= 11 is 3.39. The van der Waals surface area contributed by atoms with E-state index in [-0.39, 0.29) is 28.2 Å². The molecule has 1 aromatic carbocycles. The monoisotopic (exact) mass is 320 g/mol. The van der Waals surface area contributed by atoms with Gasteiger partial charge < -0.3 is 9.47 Å². The zero-order valence-electron chi connectivity index (χ0n) is 10.3. The highest BCUT2D eigenvalue weighted by atomic mass is 79.9. The SMILES string of the molecule is COc1cc(F)c(C(Br)C2COC(C)C2)c(F)c1. The first-order valence-corrected chi connectivity index (χ1v) is 6.73. The molecule has 0 bridgehead atoms. The van der Waals surface area contributed by atoms with Crippen molar-refractivity contribution in [3.63, 3.8) is 0 Å². The number of halogens is 3. The lowest BCUT2D eigenvalue weighted by atomic mass is 9.96. The largest absolute Gasteiger partial charge is 0.497 e. The Hall–Kier alpha value is -0.680. The molecule has 2 rings (SSSR count). The molecule has 18 heavy (non-hydrogen) atoms. The van der Waals surface area contributed by atoms with Gasteiger partial charge in [-0.05, 0) is 13.3 Å². The van der Waals surface area contributed by atoms with E-state index in [2.05, 4.69) is 15.9 Å². The first-order valence-electron chi connectivity index (χ1n) is 5.81. The minimum atomic E-state index is -0.590. The van der Waals surface area contributed by atoms with Gasteiger partial charge in [0.05, 0.1) is 24.6 Å². The number of hydrogen-bond donors (Lipinski definition) is 0. The Morgan fingerprint density at radius 2 is 2.00 bits per heavy atom. The number of alkyl halides is 1. The fraction of sp³-hybridized carbons (Fsp3) is 0.538. The topological polar surface area (TPSA) is 18.5 Å². The maximum absolute atomic E-state index is 13.9. The van der Waals surface area contributed by atoms with Crippen molar-refractivity contribution in [1.29, 1.82) is 0 Å². The molecular formula is C13H15BrF2O2. The van der Waals surface area contributed by atoms with E-state index in [4.69, 9.17) is 9.47 Å². The molecule has 1 saturated heterocycles. The second kappa shape index (κ2) is 5.53. The Morgan fingerprint density at radius 3 is 2.44 bits per heavy atom. The molecule has 5 heteroatoms. The first-order chi connectivity index (χ1) is 8.52. The van der Waals surface area contributed by atoms with Crippen LogP contribution >= 0.6 is 15.9 Å². The normalized spacial score (nSPS) is 25.2. The third-order valence-electron chi connectivity index (χ3n) is 3.21. The molecule has 1 fully saturated rings. The fourth-order valence-electron chi connectivity index (χ4n) is 2.23. The van der Waals surface area contributed by atoms with Gasteiger partial charge in [0.2, 0.25) is 0 Å². The molecule has 0 saturated carbocycles. The molecular weight excluding hydrogens is 306 g/mol. The van der Waals surface area contributed by atoms with Crippen LogP contribution in [0.2, 0.25) is 0 Å². The van der Waals surface area contributed by atoms with Crippen LogP contribution in [-0.4, -0.2) is 19.8 Å². The first kappa shape index (κ1) is 13.7. The fourth-order valence-corrected chi connectivity index (χ4v) is 3.04. The predicted octanol–water partition coefficient (Wildman–Crippen LogP) is 3.83. The molecule has 0 amide bonds. The minimum absolute atomic E-state index is 0.0542. The molecule has 1 aliphatic heterocycles. The summed E-state index contributed by atoms with van der Waals surface area (Å²) in [5.41, 5.74) is 0.0542. The van der Waals surface area contributed by atoms with E-state index >= 15 is 0 Å². The molecule has 1 aromatic rings. The van der Waals surface area contributed by atoms with Gasteiger partial charge in [0.15, 0.2) is 0 Å². The van der Waals surface area contributed by atoms with Gasteiger partial charge in [-0.15, -0.1) is 0 Å². The highest BCUT2D eigenvalue weighted by Crippen LogP contribution is 2.40.